The Morgan fingerprint density at radius 1 is 0.867 bits per heavy atom. The Bertz CT molecular complexity index is 948. The molecule has 3 nitrogen and oxygen atoms in total. The first-order valence-electron chi connectivity index (χ1n) is 9.24. The monoisotopic (exact) mass is 485 g/mol. The lowest BCUT2D eigenvalue weighted by Gasteiger charge is -2.16. The van der Waals surface area contributed by atoms with Gasteiger partial charge in [-0.25, -0.2) is 0 Å². The quantitative estimate of drug-likeness (QED) is 0.330. The minimum Gasteiger partial charge on any atom is -0.493 e. The van der Waals surface area contributed by atoms with E-state index in [1.165, 1.54) is 0 Å². The number of hydrogen-bond donors (Lipinski definition) is 1. The summed E-state index contributed by atoms with van der Waals surface area (Å²) in [6.07, 6.45) is 0.806. The third-order valence-electron chi connectivity index (χ3n) is 4.48. The standard InChI is InChI=1S/C23H22Cl3NO2.ClH/c1-28-22-4-2-3-18(23(22)29-15-16-5-8-19(24)9-6-16)14-27-12-11-17-7-10-20(25)13-21(17)26;/h2-10,13,27H,11-12,14-15H2,1H3;1H. The maximum Gasteiger partial charge on any atom is 0.166 e. The number of para-hydroxylation sites is 1. The molecule has 0 aromatic heterocycles. The Balaban J connectivity index is 0.00000320. The fraction of sp³-hybridized carbons (Fsp3) is 0.217. The maximum absolute atomic E-state index is 6.24. The van der Waals surface area contributed by atoms with Crippen molar-refractivity contribution in [2.45, 2.75) is 19.6 Å². The van der Waals surface area contributed by atoms with E-state index in [0.29, 0.717) is 34.0 Å². The first-order chi connectivity index (χ1) is 14.1. The van der Waals surface area contributed by atoms with Crippen LogP contribution in [0.2, 0.25) is 15.1 Å². The number of methoxy groups -OCH3 is 1. The van der Waals surface area contributed by atoms with Crippen LogP contribution in [0.1, 0.15) is 16.7 Å². The molecule has 0 heterocycles. The van der Waals surface area contributed by atoms with Gasteiger partial charge in [-0.3, -0.25) is 0 Å². The lowest BCUT2D eigenvalue weighted by atomic mass is 10.1. The Morgan fingerprint density at radius 3 is 2.30 bits per heavy atom. The van der Waals surface area contributed by atoms with Crippen molar-refractivity contribution in [2.24, 2.45) is 0 Å². The van der Waals surface area contributed by atoms with E-state index < -0.39 is 0 Å². The molecule has 0 bridgehead atoms. The highest BCUT2D eigenvalue weighted by Crippen LogP contribution is 2.32. The first-order valence-corrected chi connectivity index (χ1v) is 10.4. The van der Waals surface area contributed by atoms with Gasteiger partial charge in [-0.15, -0.1) is 12.4 Å². The van der Waals surface area contributed by atoms with Crippen molar-refractivity contribution in [2.75, 3.05) is 13.7 Å². The van der Waals surface area contributed by atoms with Crippen LogP contribution in [0, 0.1) is 0 Å². The minimum absolute atomic E-state index is 0. The van der Waals surface area contributed by atoms with Crippen LogP contribution in [0.5, 0.6) is 11.5 Å². The zero-order valence-corrected chi connectivity index (χ0v) is 19.5. The van der Waals surface area contributed by atoms with Gasteiger partial charge in [-0.05, 0) is 54.4 Å². The first kappa shape index (κ1) is 24.6. The Labute approximate surface area is 198 Å². The van der Waals surface area contributed by atoms with E-state index in [0.717, 1.165) is 35.4 Å². The highest BCUT2D eigenvalue weighted by molar-refractivity contribution is 6.35. The van der Waals surface area contributed by atoms with Crippen LogP contribution < -0.4 is 14.8 Å². The number of rotatable bonds is 9. The van der Waals surface area contributed by atoms with E-state index in [1.807, 2.05) is 54.6 Å². The average molecular weight is 487 g/mol. The van der Waals surface area contributed by atoms with Crippen LogP contribution in [-0.4, -0.2) is 13.7 Å². The van der Waals surface area contributed by atoms with E-state index in [1.54, 1.807) is 13.2 Å². The van der Waals surface area contributed by atoms with Crippen LogP contribution in [0.25, 0.3) is 0 Å². The highest BCUT2D eigenvalue weighted by atomic mass is 35.5. The molecule has 3 aromatic carbocycles. The van der Waals surface area contributed by atoms with Crippen molar-refractivity contribution in [3.05, 3.63) is 92.4 Å². The van der Waals surface area contributed by atoms with Gasteiger partial charge in [0.2, 0.25) is 0 Å². The maximum atomic E-state index is 6.24. The molecular formula is C23H23Cl4NO2. The van der Waals surface area contributed by atoms with Crippen molar-refractivity contribution in [1.29, 1.82) is 0 Å². The van der Waals surface area contributed by atoms with Gasteiger partial charge in [0, 0.05) is 27.2 Å². The van der Waals surface area contributed by atoms with Crippen molar-refractivity contribution < 1.29 is 9.47 Å². The summed E-state index contributed by atoms with van der Waals surface area (Å²) in [5.41, 5.74) is 3.13. The number of hydrogen-bond acceptors (Lipinski definition) is 3. The molecule has 0 saturated heterocycles. The molecule has 0 saturated carbocycles. The van der Waals surface area contributed by atoms with Gasteiger partial charge in [-0.2, -0.15) is 0 Å². The molecule has 0 radical (unpaired) electrons. The molecule has 0 aliphatic rings. The van der Waals surface area contributed by atoms with Crippen LogP contribution in [0.4, 0.5) is 0 Å². The molecule has 0 amide bonds. The molecule has 30 heavy (non-hydrogen) atoms. The molecule has 160 valence electrons. The van der Waals surface area contributed by atoms with E-state index >= 15 is 0 Å². The average Bonchev–Trinajstić information content (AvgIpc) is 2.72. The summed E-state index contributed by atoms with van der Waals surface area (Å²) in [5.74, 6) is 1.45. The molecule has 7 heteroatoms. The second-order valence-electron chi connectivity index (χ2n) is 6.53. The third-order valence-corrected chi connectivity index (χ3v) is 5.32. The predicted molar refractivity (Wildman–Crippen MR) is 128 cm³/mol. The summed E-state index contributed by atoms with van der Waals surface area (Å²) < 4.78 is 11.6. The van der Waals surface area contributed by atoms with Crippen LogP contribution in [-0.2, 0) is 19.6 Å². The predicted octanol–water partition coefficient (Wildman–Crippen LogP) is 6.99. The second kappa shape index (κ2) is 12.3. The molecule has 0 spiro atoms. The molecule has 3 aromatic rings. The molecule has 3 rings (SSSR count). The molecule has 0 fully saturated rings. The highest BCUT2D eigenvalue weighted by Gasteiger charge is 2.11. The van der Waals surface area contributed by atoms with Gasteiger partial charge in [0.25, 0.3) is 0 Å². The van der Waals surface area contributed by atoms with Crippen molar-refractivity contribution in [3.8, 4) is 11.5 Å². The Morgan fingerprint density at radius 2 is 1.60 bits per heavy atom. The topological polar surface area (TPSA) is 30.5 Å². The summed E-state index contributed by atoms with van der Waals surface area (Å²) in [7, 11) is 1.64. The normalized spacial score (nSPS) is 10.4. The number of nitrogens with one attached hydrogen (secondary N) is 1. The van der Waals surface area contributed by atoms with Crippen molar-refractivity contribution in [3.63, 3.8) is 0 Å². The van der Waals surface area contributed by atoms with Crippen LogP contribution in [0.15, 0.2) is 60.7 Å². The molecule has 0 unspecified atom stereocenters. The van der Waals surface area contributed by atoms with E-state index in [4.69, 9.17) is 44.3 Å². The summed E-state index contributed by atoms with van der Waals surface area (Å²) in [6, 6.07) is 19.1. The molecular weight excluding hydrogens is 464 g/mol. The Kier molecular flexibility index (Phi) is 10.1. The van der Waals surface area contributed by atoms with Gasteiger partial charge in [-0.1, -0.05) is 65.1 Å². The van der Waals surface area contributed by atoms with Gasteiger partial charge in [0.1, 0.15) is 6.61 Å². The van der Waals surface area contributed by atoms with E-state index in [2.05, 4.69) is 5.32 Å². The number of benzene rings is 3. The smallest absolute Gasteiger partial charge is 0.166 e. The third kappa shape index (κ3) is 6.97. The summed E-state index contributed by atoms with van der Waals surface area (Å²) in [6.45, 7) is 1.86. The van der Waals surface area contributed by atoms with Crippen LogP contribution in [0.3, 0.4) is 0 Å². The number of ether oxygens (including phenoxy) is 2. The molecule has 1 N–H and O–H groups in total. The lowest BCUT2D eigenvalue weighted by molar-refractivity contribution is 0.280. The second-order valence-corrected chi connectivity index (χ2v) is 7.81. The summed E-state index contributed by atoms with van der Waals surface area (Å²) in [4.78, 5) is 0. The molecule has 0 atom stereocenters. The zero-order valence-electron chi connectivity index (χ0n) is 16.5. The SMILES string of the molecule is COc1cccc(CNCCc2ccc(Cl)cc2Cl)c1OCc1ccc(Cl)cc1.Cl. The fourth-order valence-electron chi connectivity index (χ4n) is 2.93. The lowest BCUT2D eigenvalue weighted by Crippen LogP contribution is -2.17. The minimum atomic E-state index is 0. The zero-order chi connectivity index (χ0) is 20.6. The van der Waals surface area contributed by atoms with Crippen molar-refractivity contribution >= 4 is 47.2 Å². The van der Waals surface area contributed by atoms with Gasteiger partial charge in [0.05, 0.1) is 7.11 Å². The molecule has 0 aliphatic carbocycles. The molecule has 0 aliphatic heterocycles. The fourth-order valence-corrected chi connectivity index (χ4v) is 3.56. The van der Waals surface area contributed by atoms with Crippen molar-refractivity contribution in [1.82, 2.24) is 5.32 Å². The van der Waals surface area contributed by atoms with Gasteiger partial charge >= 0.3 is 0 Å². The van der Waals surface area contributed by atoms with E-state index in [-0.39, 0.29) is 12.4 Å². The van der Waals surface area contributed by atoms with Gasteiger partial charge in [0.15, 0.2) is 11.5 Å². The number of halogens is 4. The largest absolute Gasteiger partial charge is 0.493 e. The summed E-state index contributed by atoms with van der Waals surface area (Å²) in [5, 5.41) is 5.48. The van der Waals surface area contributed by atoms with Crippen LogP contribution >= 0.6 is 47.2 Å². The Hall–Kier alpha value is -1.62. The summed E-state index contributed by atoms with van der Waals surface area (Å²) >= 11 is 18.1. The van der Waals surface area contributed by atoms with Gasteiger partial charge < -0.3 is 14.8 Å². The van der Waals surface area contributed by atoms with E-state index in [9.17, 15) is 0 Å².